The Kier molecular flexibility index (Phi) is 5.09. The highest BCUT2D eigenvalue weighted by Gasteiger charge is 2.12. The quantitative estimate of drug-likeness (QED) is 0.562. The standard InChI is InChI=1S/C16H9ClF2N2OS2/c17-9-1-2-10-15(5-9)23-8-16(10)24-21-13-6-12(19)14(7-11(13)18)22-4-3-20/h1-2,5-8,21H,4H2. The molecular formula is C16H9ClF2N2OS2. The molecule has 0 saturated carbocycles. The molecule has 0 unspecified atom stereocenters. The number of nitrogens with one attached hydrogen (secondary N) is 1. The predicted octanol–water partition coefficient (Wildman–Crippen LogP) is 5.85. The number of nitriles is 1. The maximum atomic E-state index is 14.0. The Balaban J connectivity index is 1.78. The molecule has 3 nitrogen and oxygen atoms in total. The summed E-state index contributed by atoms with van der Waals surface area (Å²) in [6, 6.07) is 9.14. The molecule has 0 atom stereocenters. The van der Waals surface area contributed by atoms with Crippen molar-refractivity contribution in [2.45, 2.75) is 4.90 Å². The number of ether oxygens (including phenoxy) is 1. The molecule has 1 aromatic heterocycles. The maximum absolute atomic E-state index is 14.0. The summed E-state index contributed by atoms with van der Waals surface area (Å²) in [6.07, 6.45) is 0. The summed E-state index contributed by atoms with van der Waals surface area (Å²) in [5.74, 6) is -1.70. The SMILES string of the molecule is N#CCOc1cc(F)c(NSc2csc3cc(Cl)ccc23)cc1F. The van der Waals surface area contributed by atoms with Gasteiger partial charge in [-0.1, -0.05) is 17.7 Å². The summed E-state index contributed by atoms with van der Waals surface area (Å²) in [7, 11) is 0. The number of fused-ring (bicyclic) bond motifs is 1. The molecule has 1 heterocycles. The minimum atomic E-state index is -0.739. The lowest BCUT2D eigenvalue weighted by molar-refractivity contribution is 0.344. The minimum absolute atomic E-state index is 0.00452. The van der Waals surface area contributed by atoms with E-state index in [-0.39, 0.29) is 18.0 Å². The Hall–Kier alpha value is -2.01. The second-order valence-corrected chi connectivity index (χ2v) is 6.85. The van der Waals surface area contributed by atoms with E-state index >= 15 is 0 Å². The highest BCUT2D eigenvalue weighted by molar-refractivity contribution is 8.01. The topological polar surface area (TPSA) is 45.0 Å². The van der Waals surface area contributed by atoms with Crippen LogP contribution in [0, 0.1) is 23.0 Å². The van der Waals surface area contributed by atoms with Crippen molar-refractivity contribution in [1.82, 2.24) is 0 Å². The lowest BCUT2D eigenvalue weighted by atomic mass is 10.3. The molecular weight excluding hydrogens is 374 g/mol. The fraction of sp³-hybridized carbons (Fsp3) is 0.0625. The van der Waals surface area contributed by atoms with Crippen molar-refractivity contribution in [3.8, 4) is 11.8 Å². The number of rotatable bonds is 5. The van der Waals surface area contributed by atoms with E-state index in [0.717, 1.165) is 27.1 Å². The van der Waals surface area contributed by atoms with Crippen LogP contribution in [-0.2, 0) is 0 Å². The molecule has 0 saturated heterocycles. The molecule has 1 N–H and O–H groups in total. The van der Waals surface area contributed by atoms with E-state index in [9.17, 15) is 8.78 Å². The van der Waals surface area contributed by atoms with Crippen molar-refractivity contribution in [2.24, 2.45) is 0 Å². The summed E-state index contributed by atoms with van der Waals surface area (Å²) in [4.78, 5) is 0.885. The normalized spacial score (nSPS) is 10.6. The van der Waals surface area contributed by atoms with E-state index in [1.54, 1.807) is 12.1 Å². The number of hydrogen-bond donors (Lipinski definition) is 1. The van der Waals surface area contributed by atoms with Crippen LogP contribution in [0.5, 0.6) is 5.75 Å². The highest BCUT2D eigenvalue weighted by Crippen LogP contribution is 2.36. The molecule has 3 aromatic rings. The zero-order valence-electron chi connectivity index (χ0n) is 12.0. The van der Waals surface area contributed by atoms with Gasteiger partial charge in [0, 0.05) is 37.5 Å². The van der Waals surface area contributed by atoms with Gasteiger partial charge >= 0.3 is 0 Å². The zero-order valence-corrected chi connectivity index (χ0v) is 14.4. The van der Waals surface area contributed by atoms with Gasteiger partial charge in [-0.15, -0.1) is 11.3 Å². The number of halogens is 3. The van der Waals surface area contributed by atoms with Crippen LogP contribution >= 0.6 is 34.9 Å². The lowest BCUT2D eigenvalue weighted by Crippen LogP contribution is -1.99. The van der Waals surface area contributed by atoms with Gasteiger partial charge in [0.15, 0.2) is 24.0 Å². The molecule has 0 radical (unpaired) electrons. The number of benzene rings is 2. The van der Waals surface area contributed by atoms with Crippen LogP contribution in [0.25, 0.3) is 10.1 Å². The van der Waals surface area contributed by atoms with Gasteiger partial charge in [-0.05, 0) is 24.1 Å². The van der Waals surface area contributed by atoms with Crippen molar-refractivity contribution in [3.05, 3.63) is 52.4 Å². The fourth-order valence-corrected chi connectivity index (χ4v) is 4.16. The summed E-state index contributed by atoms with van der Waals surface area (Å²) < 4.78 is 36.5. The third-order valence-corrected chi connectivity index (χ3v) is 5.30. The maximum Gasteiger partial charge on any atom is 0.174 e. The lowest BCUT2D eigenvalue weighted by Gasteiger charge is -2.09. The Morgan fingerprint density at radius 1 is 1.25 bits per heavy atom. The van der Waals surface area contributed by atoms with Gasteiger partial charge in [0.05, 0.1) is 5.69 Å². The van der Waals surface area contributed by atoms with Crippen LogP contribution in [0.3, 0.4) is 0 Å². The van der Waals surface area contributed by atoms with Gasteiger partial charge in [-0.25, -0.2) is 8.78 Å². The molecule has 0 spiro atoms. The fourth-order valence-electron chi connectivity index (χ4n) is 1.99. The van der Waals surface area contributed by atoms with E-state index in [1.165, 1.54) is 23.3 Å². The Bertz CT molecular complexity index is 940. The van der Waals surface area contributed by atoms with E-state index in [4.69, 9.17) is 21.6 Å². The first-order valence-electron chi connectivity index (χ1n) is 6.67. The monoisotopic (exact) mass is 382 g/mol. The third-order valence-electron chi connectivity index (χ3n) is 3.09. The van der Waals surface area contributed by atoms with E-state index in [2.05, 4.69) is 4.72 Å². The first kappa shape index (κ1) is 16.8. The molecule has 122 valence electrons. The Morgan fingerprint density at radius 3 is 2.88 bits per heavy atom. The molecule has 0 amide bonds. The van der Waals surface area contributed by atoms with Crippen LogP contribution in [0.2, 0.25) is 5.02 Å². The van der Waals surface area contributed by atoms with E-state index in [0.29, 0.717) is 5.02 Å². The molecule has 0 aliphatic carbocycles. The van der Waals surface area contributed by atoms with Crippen LogP contribution < -0.4 is 9.46 Å². The minimum Gasteiger partial charge on any atom is -0.476 e. The van der Waals surface area contributed by atoms with Gasteiger partial charge in [0.1, 0.15) is 6.07 Å². The Labute approximate surface area is 149 Å². The second kappa shape index (κ2) is 7.26. The highest BCUT2D eigenvalue weighted by atomic mass is 35.5. The molecule has 0 fully saturated rings. The van der Waals surface area contributed by atoms with Gasteiger partial charge in [-0.3, -0.25) is 0 Å². The second-order valence-electron chi connectivity index (χ2n) is 4.65. The summed E-state index contributed by atoms with van der Waals surface area (Å²) in [6.45, 7) is -0.346. The number of thiophene rings is 1. The molecule has 2 aromatic carbocycles. The average Bonchev–Trinajstić information content (AvgIpc) is 2.96. The van der Waals surface area contributed by atoms with Crippen LogP contribution in [0.4, 0.5) is 14.5 Å². The van der Waals surface area contributed by atoms with Crippen molar-refractivity contribution in [2.75, 3.05) is 11.3 Å². The molecule has 8 heteroatoms. The van der Waals surface area contributed by atoms with Gasteiger partial charge < -0.3 is 9.46 Å². The predicted molar refractivity (Wildman–Crippen MR) is 93.8 cm³/mol. The molecule has 3 rings (SSSR count). The van der Waals surface area contributed by atoms with Crippen molar-refractivity contribution >= 4 is 50.7 Å². The molecule has 0 aliphatic rings. The van der Waals surface area contributed by atoms with Crippen LogP contribution in [-0.4, -0.2) is 6.61 Å². The molecule has 24 heavy (non-hydrogen) atoms. The number of nitrogens with zero attached hydrogens (tertiary/aromatic N) is 1. The Morgan fingerprint density at radius 2 is 2.08 bits per heavy atom. The summed E-state index contributed by atoms with van der Waals surface area (Å²) >= 11 is 8.65. The first-order chi connectivity index (χ1) is 11.6. The molecule has 0 aliphatic heterocycles. The smallest absolute Gasteiger partial charge is 0.174 e. The average molecular weight is 383 g/mol. The van der Waals surface area contributed by atoms with Crippen molar-refractivity contribution in [3.63, 3.8) is 0 Å². The van der Waals surface area contributed by atoms with E-state index in [1.807, 2.05) is 17.5 Å². The zero-order chi connectivity index (χ0) is 17.1. The largest absolute Gasteiger partial charge is 0.476 e. The van der Waals surface area contributed by atoms with Crippen LogP contribution in [0.1, 0.15) is 0 Å². The molecule has 0 bridgehead atoms. The van der Waals surface area contributed by atoms with E-state index < -0.39 is 11.6 Å². The van der Waals surface area contributed by atoms with Crippen molar-refractivity contribution in [1.29, 1.82) is 5.26 Å². The summed E-state index contributed by atoms with van der Waals surface area (Å²) in [5.41, 5.74) is -0.00452. The van der Waals surface area contributed by atoms with Crippen molar-refractivity contribution < 1.29 is 13.5 Å². The van der Waals surface area contributed by atoms with Gasteiger partial charge in [-0.2, -0.15) is 5.26 Å². The third kappa shape index (κ3) is 3.56. The summed E-state index contributed by atoms with van der Waals surface area (Å²) in [5, 5.41) is 12.0. The first-order valence-corrected chi connectivity index (χ1v) is 8.74. The number of hydrogen-bond acceptors (Lipinski definition) is 5. The number of anilines is 1. The van der Waals surface area contributed by atoms with Gasteiger partial charge in [0.25, 0.3) is 0 Å². The van der Waals surface area contributed by atoms with Gasteiger partial charge in [0.2, 0.25) is 0 Å². The van der Waals surface area contributed by atoms with Crippen LogP contribution in [0.15, 0.2) is 40.6 Å².